The van der Waals surface area contributed by atoms with Crippen molar-refractivity contribution in [1.29, 1.82) is 0 Å². The van der Waals surface area contributed by atoms with Crippen molar-refractivity contribution in [3.8, 4) is 0 Å². The number of rotatable bonds is 5. The summed E-state index contributed by atoms with van der Waals surface area (Å²) in [4.78, 5) is 24.6. The summed E-state index contributed by atoms with van der Waals surface area (Å²) in [5, 5.41) is 3.76. The number of aromatic nitrogens is 2. The molecule has 0 spiro atoms. The minimum atomic E-state index is -0.0484. The average molecular weight is 336 g/mol. The number of hydrogen-bond acceptors (Lipinski definition) is 6. The molecule has 3 rings (SSSR count). The molecular formula is C15H20N4OS2. The molecule has 1 amide bonds. The fraction of sp³-hybridized carbons (Fsp3) is 0.533. The number of hydrogen-bond donors (Lipinski definition) is 1. The van der Waals surface area contributed by atoms with Crippen LogP contribution >= 0.6 is 22.7 Å². The van der Waals surface area contributed by atoms with Gasteiger partial charge in [-0.1, -0.05) is 0 Å². The second-order valence-corrected chi connectivity index (χ2v) is 7.62. The predicted molar refractivity (Wildman–Crippen MR) is 89.4 cm³/mol. The highest BCUT2D eigenvalue weighted by atomic mass is 32.1. The summed E-state index contributed by atoms with van der Waals surface area (Å²) in [5.41, 5.74) is 7.27. The summed E-state index contributed by atoms with van der Waals surface area (Å²) in [7, 11) is 1.81. The molecule has 0 saturated carbocycles. The molecule has 0 atom stereocenters. The Morgan fingerprint density at radius 2 is 2.14 bits per heavy atom. The van der Waals surface area contributed by atoms with Crippen LogP contribution in [0.5, 0.6) is 0 Å². The molecule has 5 nitrogen and oxygen atoms in total. The van der Waals surface area contributed by atoms with Gasteiger partial charge in [-0.15, -0.1) is 22.7 Å². The molecule has 118 valence electrons. The largest absolute Gasteiger partial charge is 0.334 e. The Morgan fingerprint density at radius 1 is 1.32 bits per heavy atom. The Kier molecular flexibility index (Phi) is 4.85. The lowest BCUT2D eigenvalue weighted by molar-refractivity contribution is 0.0779. The molecule has 2 aromatic rings. The van der Waals surface area contributed by atoms with Gasteiger partial charge < -0.3 is 10.6 Å². The molecule has 2 aromatic heterocycles. The van der Waals surface area contributed by atoms with Gasteiger partial charge in [-0.2, -0.15) is 0 Å². The predicted octanol–water partition coefficient (Wildman–Crippen LogP) is 2.25. The molecule has 2 heterocycles. The highest BCUT2D eigenvalue weighted by molar-refractivity contribution is 7.11. The van der Waals surface area contributed by atoms with Gasteiger partial charge in [0.2, 0.25) is 0 Å². The molecular weight excluding hydrogens is 316 g/mol. The Morgan fingerprint density at radius 3 is 2.91 bits per heavy atom. The highest BCUT2D eigenvalue weighted by Crippen LogP contribution is 2.27. The van der Waals surface area contributed by atoms with E-state index in [1.54, 1.807) is 16.2 Å². The third kappa shape index (κ3) is 3.37. The van der Waals surface area contributed by atoms with Crippen LogP contribution in [0, 0.1) is 0 Å². The maximum atomic E-state index is 12.4. The van der Waals surface area contributed by atoms with E-state index in [1.807, 2.05) is 12.4 Å². The quantitative estimate of drug-likeness (QED) is 0.909. The number of thiazole rings is 2. The van der Waals surface area contributed by atoms with Crippen molar-refractivity contribution >= 4 is 28.6 Å². The molecule has 0 unspecified atom stereocenters. The lowest BCUT2D eigenvalue weighted by atomic mass is 10.0. The first kappa shape index (κ1) is 15.6. The van der Waals surface area contributed by atoms with Crippen molar-refractivity contribution in [2.24, 2.45) is 5.73 Å². The highest BCUT2D eigenvalue weighted by Gasteiger charge is 2.19. The zero-order chi connectivity index (χ0) is 15.5. The summed E-state index contributed by atoms with van der Waals surface area (Å²) >= 11 is 3.25. The molecule has 1 aliphatic rings. The Bertz CT molecular complexity index is 641. The van der Waals surface area contributed by atoms with Gasteiger partial charge in [0, 0.05) is 23.7 Å². The molecule has 7 heteroatoms. The summed E-state index contributed by atoms with van der Waals surface area (Å²) < 4.78 is 0. The SMILES string of the molecule is CN(Cc1nc2c(s1)CCCC2)C(=O)c1csc(CCN)n1. The van der Waals surface area contributed by atoms with Crippen molar-refractivity contribution in [3.63, 3.8) is 0 Å². The Labute approximate surface area is 138 Å². The Hall–Kier alpha value is -1.31. The van der Waals surface area contributed by atoms with Gasteiger partial charge in [-0.25, -0.2) is 9.97 Å². The van der Waals surface area contributed by atoms with Crippen LogP contribution in [0.15, 0.2) is 5.38 Å². The lowest BCUT2D eigenvalue weighted by Gasteiger charge is -2.13. The molecule has 0 fully saturated rings. The smallest absolute Gasteiger partial charge is 0.273 e. The normalized spacial score (nSPS) is 13.9. The van der Waals surface area contributed by atoms with Crippen molar-refractivity contribution in [2.75, 3.05) is 13.6 Å². The number of nitrogens with zero attached hydrogens (tertiary/aromatic N) is 3. The minimum absolute atomic E-state index is 0.0484. The molecule has 0 aliphatic heterocycles. The molecule has 0 radical (unpaired) electrons. The standard InChI is InChI=1S/C15H20N4OS2/c1-19(15(20)11-9-21-13(18-11)6-7-16)8-14-17-10-4-2-3-5-12(10)22-14/h9H,2-8,16H2,1H3. The van der Waals surface area contributed by atoms with E-state index in [0.29, 0.717) is 18.8 Å². The second-order valence-electron chi connectivity index (χ2n) is 5.51. The van der Waals surface area contributed by atoms with Crippen LogP contribution in [0.4, 0.5) is 0 Å². The van der Waals surface area contributed by atoms with E-state index in [4.69, 9.17) is 10.7 Å². The Balaban J connectivity index is 1.66. The molecule has 0 saturated heterocycles. The van der Waals surface area contributed by atoms with Crippen LogP contribution in [0.1, 0.15) is 43.9 Å². The second kappa shape index (κ2) is 6.85. The lowest BCUT2D eigenvalue weighted by Crippen LogP contribution is -2.26. The van der Waals surface area contributed by atoms with Gasteiger partial charge in [0.05, 0.1) is 17.2 Å². The molecule has 0 bridgehead atoms. The van der Waals surface area contributed by atoms with E-state index in [-0.39, 0.29) is 5.91 Å². The minimum Gasteiger partial charge on any atom is -0.334 e. The van der Waals surface area contributed by atoms with Crippen LogP contribution in [0.25, 0.3) is 0 Å². The molecule has 2 N–H and O–H groups in total. The monoisotopic (exact) mass is 336 g/mol. The third-order valence-electron chi connectivity index (χ3n) is 3.74. The number of carbonyl (C=O) groups excluding carboxylic acids is 1. The first-order valence-electron chi connectivity index (χ1n) is 7.54. The van der Waals surface area contributed by atoms with Crippen LogP contribution in [0.2, 0.25) is 0 Å². The number of amides is 1. The average Bonchev–Trinajstić information content (AvgIpc) is 3.12. The van der Waals surface area contributed by atoms with Crippen LogP contribution in [-0.2, 0) is 25.8 Å². The molecule has 0 aromatic carbocycles. The number of nitrogens with two attached hydrogens (primary N) is 1. The zero-order valence-corrected chi connectivity index (χ0v) is 14.3. The van der Waals surface area contributed by atoms with E-state index in [0.717, 1.165) is 29.3 Å². The molecule has 1 aliphatic carbocycles. The van der Waals surface area contributed by atoms with Crippen molar-refractivity contribution in [1.82, 2.24) is 14.9 Å². The van der Waals surface area contributed by atoms with Gasteiger partial charge >= 0.3 is 0 Å². The fourth-order valence-electron chi connectivity index (χ4n) is 2.59. The van der Waals surface area contributed by atoms with Crippen molar-refractivity contribution in [3.05, 3.63) is 31.7 Å². The van der Waals surface area contributed by atoms with E-state index >= 15 is 0 Å². The zero-order valence-electron chi connectivity index (χ0n) is 12.7. The fourth-order valence-corrected chi connectivity index (χ4v) is 4.59. The van der Waals surface area contributed by atoms with E-state index < -0.39 is 0 Å². The van der Waals surface area contributed by atoms with E-state index in [1.165, 1.54) is 34.7 Å². The van der Waals surface area contributed by atoms with Gasteiger partial charge in [0.25, 0.3) is 5.91 Å². The number of aryl methyl sites for hydroxylation is 2. The summed E-state index contributed by atoms with van der Waals surface area (Å²) in [5.74, 6) is -0.0484. The maximum absolute atomic E-state index is 12.4. The first-order valence-corrected chi connectivity index (χ1v) is 9.24. The van der Waals surface area contributed by atoms with Crippen LogP contribution < -0.4 is 5.73 Å². The van der Waals surface area contributed by atoms with E-state index in [2.05, 4.69) is 4.98 Å². The maximum Gasteiger partial charge on any atom is 0.273 e. The topological polar surface area (TPSA) is 72.1 Å². The summed E-state index contributed by atoms with van der Waals surface area (Å²) in [6, 6.07) is 0. The summed E-state index contributed by atoms with van der Waals surface area (Å²) in [6.45, 7) is 1.11. The van der Waals surface area contributed by atoms with Gasteiger partial charge in [-0.3, -0.25) is 4.79 Å². The van der Waals surface area contributed by atoms with Crippen molar-refractivity contribution in [2.45, 2.75) is 38.6 Å². The van der Waals surface area contributed by atoms with Crippen LogP contribution in [-0.4, -0.2) is 34.4 Å². The first-order chi connectivity index (χ1) is 10.7. The number of fused-ring (bicyclic) bond motifs is 1. The van der Waals surface area contributed by atoms with Crippen LogP contribution in [0.3, 0.4) is 0 Å². The summed E-state index contributed by atoms with van der Waals surface area (Å²) in [6.07, 6.45) is 5.43. The van der Waals surface area contributed by atoms with Crippen molar-refractivity contribution < 1.29 is 4.79 Å². The van der Waals surface area contributed by atoms with Gasteiger partial charge in [0.1, 0.15) is 10.7 Å². The molecule has 22 heavy (non-hydrogen) atoms. The van der Waals surface area contributed by atoms with Gasteiger partial charge in [-0.05, 0) is 32.2 Å². The number of carbonyl (C=O) groups is 1. The third-order valence-corrected chi connectivity index (χ3v) is 5.79. The van der Waals surface area contributed by atoms with E-state index in [9.17, 15) is 4.79 Å². The van der Waals surface area contributed by atoms with Gasteiger partial charge in [0.15, 0.2) is 0 Å².